The fourth-order valence-corrected chi connectivity index (χ4v) is 4.49. The minimum Gasteiger partial charge on any atom is -0.312 e. The van der Waals surface area contributed by atoms with Crippen LogP contribution in [-0.2, 0) is 26.1 Å². The summed E-state index contributed by atoms with van der Waals surface area (Å²) >= 11 is 9.58. The second kappa shape index (κ2) is 11.1. The van der Waals surface area contributed by atoms with E-state index in [1.807, 2.05) is 36.4 Å². The third-order valence-corrected chi connectivity index (χ3v) is 6.78. The zero-order valence-electron chi connectivity index (χ0n) is 19.2. The van der Waals surface area contributed by atoms with E-state index >= 15 is 0 Å². The fraction of sp³-hybridized carbons (Fsp3) is 0.179. The van der Waals surface area contributed by atoms with E-state index in [9.17, 15) is 0 Å². The van der Waals surface area contributed by atoms with Crippen LogP contribution in [0.2, 0.25) is 5.02 Å². The van der Waals surface area contributed by atoms with E-state index in [1.165, 1.54) is 5.56 Å². The van der Waals surface area contributed by atoms with Gasteiger partial charge in [0.15, 0.2) is 0 Å². The lowest BCUT2D eigenvalue weighted by Gasteiger charge is -2.22. The van der Waals surface area contributed by atoms with E-state index in [0.29, 0.717) is 13.1 Å². The van der Waals surface area contributed by atoms with E-state index in [-0.39, 0.29) is 0 Å². The SMILES string of the molecule is Clc1ccc(Cn2cnnc2CN(CCc2ccc(Br)cc2)Cc2ccc3ccccc3n2)cc1. The van der Waals surface area contributed by atoms with Crippen LogP contribution in [0.15, 0.2) is 95.7 Å². The molecule has 35 heavy (non-hydrogen) atoms. The molecular formula is C28H25BrClN5. The molecular weight excluding hydrogens is 522 g/mol. The summed E-state index contributed by atoms with van der Waals surface area (Å²) in [5.74, 6) is 0.927. The molecule has 0 bridgehead atoms. The van der Waals surface area contributed by atoms with Crippen LogP contribution in [0.4, 0.5) is 0 Å². The smallest absolute Gasteiger partial charge is 0.147 e. The summed E-state index contributed by atoms with van der Waals surface area (Å²) in [6, 6.07) is 28.9. The van der Waals surface area contributed by atoms with Gasteiger partial charge in [-0.2, -0.15) is 0 Å². The van der Waals surface area contributed by atoms with Gasteiger partial charge in [0.2, 0.25) is 0 Å². The monoisotopic (exact) mass is 545 g/mol. The molecule has 5 aromatic rings. The molecule has 0 amide bonds. The molecule has 5 rings (SSSR count). The zero-order chi connectivity index (χ0) is 24.0. The number of fused-ring (bicyclic) bond motifs is 1. The molecule has 0 fully saturated rings. The first-order valence-electron chi connectivity index (χ1n) is 11.5. The molecule has 5 nitrogen and oxygen atoms in total. The zero-order valence-corrected chi connectivity index (χ0v) is 21.5. The molecule has 0 N–H and O–H groups in total. The first-order chi connectivity index (χ1) is 17.1. The van der Waals surface area contributed by atoms with Gasteiger partial charge in [0.25, 0.3) is 0 Å². The molecule has 0 saturated carbocycles. The summed E-state index contributed by atoms with van der Waals surface area (Å²) in [7, 11) is 0. The van der Waals surface area contributed by atoms with Crippen LogP contribution < -0.4 is 0 Å². The lowest BCUT2D eigenvalue weighted by molar-refractivity contribution is 0.247. The third kappa shape index (κ3) is 6.34. The molecule has 7 heteroatoms. The van der Waals surface area contributed by atoms with Gasteiger partial charge in [0.05, 0.1) is 24.3 Å². The second-order valence-electron chi connectivity index (χ2n) is 8.58. The Hall–Kier alpha value is -3.06. The van der Waals surface area contributed by atoms with Gasteiger partial charge in [0.1, 0.15) is 12.2 Å². The summed E-state index contributed by atoms with van der Waals surface area (Å²) < 4.78 is 3.19. The number of halogens is 2. The van der Waals surface area contributed by atoms with Crippen LogP contribution in [0.25, 0.3) is 10.9 Å². The number of hydrogen-bond donors (Lipinski definition) is 0. The molecule has 0 spiro atoms. The highest BCUT2D eigenvalue weighted by molar-refractivity contribution is 9.10. The third-order valence-electron chi connectivity index (χ3n) is 6.00. The molecule has 2 heterocycles. The van der Waals surface area contributed by atoms with E-state index in [4.69, 9.17) is 16.6 Å². The minimum absolute atomic E-state index is 0.679. The van der Waals surface area contributed by atoms with Crippen molar-refractivity contribution in [2.45, 2.75) is 26.1 Å². The van der Waals surface area contributed by atoms with Crippen molar-refractivity contribution < 1.29 is 0 Å². The first kappa shape index (κ1) is 23.7. The van der Waals surface area contributed by atoms with Gasteiger partial charge >= 0.3 is 0 Å². The lowest BCUT2D eigenvalue weighted by Crippen LogP contribution is -2.27. The van der Waals surface area contributed by atoms with E-state index in [2.05, 4.69) is 84.1 Å². The first-order valence-corrected chi connectivity index (χ1v) is 12.7. The number of rotatable bonds is 9. The molecule has 0 saturated heterocycles. The maximum atomic E-state index is 6.05. The summed E-state index contributed by atoms with van der Waals surface area (Å²) in [6.07, 6.45) is 2.73. The minimum atomic E-state index is 0.679. The molecule has 0 aliphatic heterocycles. The van der Waals surface area contributed by atoms with Crippen LogP contribution in [0.1, 0.15) is 22.6 Å². The average Bonchev–Trinajstić information content (AvgIpc) is 3.31. The number of pyridine rings is 1. The highest BCUT2D eigenvalue weighted by Crippen LogP contribution is 2.17. The van der Waals surface area contributed by atoms with Crippen LogP contribution in [0.5, 0.6) is 0 Å². The maximum Gasteiger partial charge on any atom is 0.147 e. The Kier molecular flexibility index (Phi) is 7.52. The lowest BCUT2D eigenvalue weighted by atomic mass is 10.1. The largest absolute Gasteiger partial charge is 0.312 e. The molecule has 2 aromatic heterocycles. The standard InChI is InChI=1S/C28H25BrClN5/c29-24-10-5-21(6-11-24)15-16-34(18-26-14-9-23-3-1-2-4-27(23)32-26)19-28-33-31-20-35(28)17-22-7-12-25(30)13-8-22/h1-14,20H,15-19H2. The van der Waals surface area contributed by atoms with E-state index in [1.54, 1.807) is 6.33 Å². The Labute approximate surface area is 218 Å². The van der Waals surface area contributed by atoms with Gasteiger partial charge in [0, 0.05) is 28.0 Å². The van der Waals surface area contributed by atoms with E-state index < -0.39 is 0 Å². The summed E-state index contributed by atoms with van der Waals surface area (Å²) in [6.45, 7) is 2.99. The predicted octanol–water partition coefficient (Wildman–Crippen LogP) is 6.54. The summed E-state index contributed by atoms with van der Waals surface area (Å²) in [4.78, 5) is 7.30. The van der Waals surface area contributed by atoms with E-state index in [0.717, 1.165) is 57.0 Å². The van der Waals surface area contributed by atoms with Gasteiger partial charge in [-0.25, -0.2) is 0 Å². The molecule has 0 radical (unpaired) electrons. The number of nitrogens with zero attached hydrogens (tertiary/aromatic N) is 5. The number of para-hydroxylation sites is 1. The maximum absolute atomic E-state index is 6.05. The van der Waals surface area contributed by atoms with Crippen molar-refractivity contribution in [1.29, 1.82) is 0 Å². The van der Waals surface area contributed by atoms with Gasteiger partial charge in [-0.15, -0.1) is 10.2 Å². The van der Waals surface area contributed by atoms with Gasteiger partial charge in [-0.3, -0.25) is 9.88 Å². The highest BCUT2D eigenvalue weighted by Gasteiger charge is 2.14. The van der Waals surface area contributed by atoms with Crippen LogP contribution >= 0.6 is 27.5 Å². The number of hydrogen-bond acceptors (Lipinski definition) is 4. The van der Waals surface area contributed by atoms with Crippen LogP contribution in [-0.4, -0.2) is 31.2 Å². The molecule has 0 atom stereocenters. The van der Waals surface area contributed by atoms with Crippen molar-refractivity contribution in [3.8, 4) is 0 Å². The number of benzene rings is 3. The summed E-state index contributed by atoms with van der Waals surface area (Å²) in [5, 5.41) is 10.5. The Morgan fingerprint density at radius 1 is 0.829 bits per heavy atom. The molecule has 0 unspecified atom stereocenters. The molecule has 0 aliphatic carbocycles. The Bertz CT molecular complexity index is 1400. The molecule has 0 aliphatic rings. The quantitative estimate of drug-likeness (QED) is 0.211. The van der Waals surface area contributed by atoms with Gasteiger partial charge in [-0.1, -0.05) is 76.1 Å². The predicted molar refractivity (Wildman–Crippen MR) is 144 cm³/mol. The Morgan fingerprint density at radius 2 is 1.60 bits per heavy atom. The molecule has 3 aromatic carbocycles. The Balaban J connectivity index is 1.35. The Morgan fingerprint density at radius 3 is 2.43 bits per heavy atom. The summed E-state index contributed by atoms with van der Waals surface area (Å²) in [5.41, 5.74) is 4.52. The van der Waals surface area contributed by atoms with Gasteiger partial charge in [-0.05, 0) is 53.9 Å². The second-order valence-corrected chi connectivity index (χ2v) is 9.94. The average molecular weight is 547 g/mol. The van der Waals surface area contributed by atoms with Crippen LogP contribution in [0, 0.1) is 0 Å². The topological polar surface area (TPSA) is 46.8 Å². The van der Waals surface area contributed by atoms with Crippen molar-refractivity contribution in [2.75, 3.05) is 6.54 Å². The van der Waals surface area contributed by atoms with Gasteiger partial charge < -0.3 is 4.57 Å². The van der Waals surface area contributed by atoms with Crippen molar-refractivity contribution >= 4 is 38.4 Å². The molecule has 176 valence electrons. The van der Waals surface area contributed by atoms with Crippen LogP contribution in [0.3, 0.4) is 0 Å². The normalized spacial score (nSPS) is 11.4. The highest BCUT2D eigenvalue weighted by atomic mass is 79.9. The van der Waals surface area contributed by atoms with Crippen molar-refractivity contribution in [2.24, 2.45) is 0 Å². The van der Waals surface area contributed by atoms with Crippen molar-refractivity contribution in [3.05, 3.63) is 123 Å². The fourth-order valence-electron chi connectivity index (χ4n) is 4.10. The van der Waals surface area contributed by atoms with Crippen molar-refractivity contribution in [1.82, 2.24) is 24.6 Å². The number of aromatic nitrogens is 4. The van der Waals surface area contributed by atoms with Crippen molar-refractivity contribution in [3.63, 3.8) is 0 Å².